The molecule has 8 heteroatoms. The van der Waals surface area contributed by atoms with E-state index in [4.69, 9.17) is 14.2 Å². The number of hydrogen-bond donors (Lipinski definition) is 1. The monoisotopic (exact) mass is 961 g/mol. The summed E-state index contributed by atoms with van der Waals surface area (Å²) in [7, 11) is 5.51. The zero-order valence-electron chi connectivity index (χ0n) is 44.7. The maximum Gasteiger partial charge on any atom is 0.362 e. The first-order valence-electron chi connectivity index (χ1n) is 27.4. The summed E-state index contributed by atoms with van der Waals surface area (Å²) in [6, 6.07) is -0.634. The Labute approximate surface area is 423 Å². The second-order valence-electron chi connectivity index (χ2n) is 19.1. The van der Waals surface area contributed by atoms with E-state index in [0.717, 1.165) is 83.5 Å². The Morgan fingerprint density at radius 3 is 1.25 bits per heavy atom. The molecule has 0 radical (unpaired) electrons. The highest BCUT2D eigenvalue weighted by Crippen LogP contribution is 2.14. The number of aliphatic carboxylic acids is 1. The highest BCUT2D eigenvalue weighted by molar-refractivity contribution is 5.72. The van der Waals surface area contributed by atoms with Gasteiger partial charge >= 0.3 is 17.9 Å². The summed E-state index contributed by atoms with van der Waals surface area (Å²) in [4.78, 5) is 37.2. The van der Waals surface area contributed by atoms with Gasteiger partial charge in [0, 0.05) is 19.3 Å². The van der Waals surface area contributed by atoms with E-state index in [-0.39, 0.29) is 42.7 Å². The molecule has 392 valence electrons. The second kappa shape index (κ2) is 50.4. The molecule has 0 saturated heterocycles. The predicted molar refractivity (Wildman–Crippen MR) is 293 cm³/mol. The minimum absolute atomic E-state index is 0.0284. The van der Waals surface area contributed by atoms with Crippen LogP contribution in [0.1, 0.15) is 206 Å². The number of carbonyl (C=O) groups is 3. The van der Waals surface area contributed by atoms with E-state index in [2.05, 4.69) is 123 Å². The fourth-order valence-corrected chi connectivity index (χ4v) is 7.46. The van der Waals surface area contributed by atoms with Crippen LogP contribution < -0.4 is 0 Å². The van der Waals surface area contributed by atoms with Crippen LogP contribution >= 0.6 is 0 Å². The van der Waals surface area contributed by atoms with Gasteiger partial charge in [-0.3, -0.25) is 9.59 Å². The Morgan fingerprint density at radius 2 is 0.826 bits per heavy atom. The summed E-state index contributed by atoms with van der Waals surface area (Å²) in [5.41, 5.74) is 0. The Balaban J connectivity index is 4.36. The van der Waals surface area contributed by atoms with Crippen molar-refractivity contribution in [2.45, 2.75) is 219 Å². The third kappa shape index (κ3) is 48.8. The van der Waals surface area contributed by atoms with Crippen LogP contribution in [0.5, 0.6) is 0 Å². The Kier molecular flexibility index (Phi) is 47.5. The van der Waals surface area contributed by atoms with Gasteiger partial charge in [-0.25, -0.2) is 4.79 Å². The lowest BCUT2D eigenvalue weighted by molar-refractivity contribution is -0.887. The number of nitrogens with zero attached hydrogens (tertiary/aromatic N) is 1. The molecule has 1 N–H and O–H groups in total. The van der Waals surface area contributed by atoms with Crippen molar-refractivity contribution in [3.8, 4) is 0 Å². The van der Waals surface area contributed by atoms with E-state index in [1.54, 1.807) is 0 Å². The molecule has 0 heterocycles. The van der Waals surface area contributed by atoms with Gasteiger partial charge in [-0.15, -0.1) is 0 Å². The Bertz CT molecular complexity index is 1490. The van der Waals surface area contributed by atoms with E-state index < -0.39 is 18.1 Å². The lowest BCUT2D eigenvalue weighted by Crippen LogP contribution is -2.50. The van der Waals surface area contributed by atoms with Crippen molar-refractivity contribution < 1.29 is 38.2 Å². The smallest absolute Gasteiger partial charge is 0.362 e. The van der Waals surface area contributed by atoms with Crippen molar-refractivity contribution in [2.24, 2.45) is 0 Å². The second-order valence-corrected chi connectivity index (χ2v) is 19.1. The van der Waals surface area contributed by atoms with Crippen LogP contribution in [0.4, 0.5) is 0 Å². The summed E-state index contributed by atoms with van der Waals surface area (Å²) in [5.74, 6) is -1.56. The van der Waals surface area contributed by atoms with Crippen LogP contribution in [0.25, 0.3) is 0 Å². The van der Waals surface area contributed by atoms with Crippen LogP contribution in [0.3, 0.4) is 0 Å². The number of unbranched alkanes of at least 4 members (excludes halogenated alkanes) is 16. The molecular weight excluding hydrogens is 859 g/mol. The summed E-state index contributed by atoms with van der Waals surface area (Å²) in [6.07, 6.45) is 70.1. The number of quaternary nitrogens is 1. The van der Waals surface area contributed by atoms with E-state index in [0.29, 0.717) is 19.3 Å². The number of carboxylic acids is 1. The zero-order valence-corrected chi connectivity index (χ0v) is 44.7. The summed E-state index contributed by atoms with van der Waals surface area (Å²) in [6.45, 7) is 4.55. The first-order chi connectivity index (χ1) is 33.6. The minimum Gasteiger partial charge on any atom is -0.477 e. The molecule has 0 aromatic carbocycles. The molecule has 0 fully saturated rings. The molecule has 0 saturated carbocycles. The number of hydrogen-bond acceptors (Lipinski definition) is 6. The van der Waals surface area contributed by atoms with Crippen molar-refractivity contribution in [1.29, 1.82) is 0 Å². The first kappa shape index (κ1) is 65.0. The molecular formula is C61H102NO7+. The van der Waals surface area contributed by atoms with Gasteiger partial charge in [0.25, 0.3) is 0 Å². The third-order valence-electron chi connectivity index (χ3n) is 11.7. The predicted octanol–water partition coefficient (Wildman–Crippen LogP) is 16.4. The topological polar surface area (TPSA) is 99.1 Å². The van der Waals surface area contributed by atoms with Gasteiger partial charge in [-0.05, 0) is 96.3 Å². The van der Waals surface area contributed by atoms with Crippen molar-refractivity contribution >= 4 is 17.9 Å². The molecule has 69 heavy (non-hydrogen) atoms. The van der Waals surface area contributed by atoms with E-state index >= 15 is 0 Å². The molecule has 0 aliphatic rings. The van der Waals surface area contributed by atoms with Gasteiger partial charge in [0.05, 0.1) is 34.4 Å². The standard InChI is InChI=1S/C61H101NO7/c1-6-8-10-12-14-16-18-20-22-24-26-28-30-32-34-36-38-40-42-44-46-48-50-52-60(64)69-57(55-67-54-53-58(61(65)66)62(3,4)5)56-68-59(63)51-49-47-45-43-41-39-37-35-33-31-29-27-25-23-21-19-17-15-13-11-9-7-2/h8,10,14,16,20,22,25-28,31-34,38,40,44,46,57-58H,6-7,9,11-13,15,17-19,21,23-24,29-30,35-37,39,41-43,45,47-56H2,1-5H3/p+1/b10-8+,16-14+,22-20+,27-25+,28-26+,33-31+,34-32+,40-38+,46-44+. The summed E-state index contributed by atoms with van der Waals surface area (Å²) in [5, 5.41) is 9.67. The van der Waals surface area contributed by atoms with Crippen LogP contribution in [-0.4, -0.2) is 80.6 Å². The quantitative estimate of drug-likeness (QED) is 0.0281. The van der Waals surface area contributed by atoms with Gasteiger partial charge in [0.2, 0.25) is 0 Å². The lowest BCUT2D eigenvalue weighted by Gasteiger charge is -2.31. The fourth-order valence-electron chi connectivity index (χ4n) is 7.46. The molecule has 2 unspecified atom stereocenters. The van der Waals surface area contributed by atoms with Gasteiger partial charge in [-0.1, -0.05) is 200 Å². The number of carboxylic acid groups (broad SMARTS) is 1. The largest absolute Gasteiger partial charge is 0.477 e. The highest BCUT2D eigenvalue weighted by atomic mass is 16.6. The molecule has 2 atom stereocenters. The molecule has 0 spiro atoms. The fraction of sp³-hybridized carbons (Fsp3) is 0.656. The summed E-state index contributed by atoms with van der Waals surface area (Å²) >= 11 is 0. The number of carbonyl (C=O) groups excluding carboxylic acids is 2. The van der Waals surface area contributed by atoms with Crippen LogP contribution in [0.2, 0.25) is 0 Å². The maximum absolute atomic E-state index is 12.8. The maximum atomic E-state index is 12.8. The first-order valence-corrected chi connectivity index (χ1v) is 27.4. The Morgan fingerprint density at radius 1 is 0.449 bits per heavy atom. The zero-order chi connectivity index (χ0) is 50.6. The van der Waals surface area contributed by atoms with Crippen LogP contribution in [0, 0.1) is 0 Å². The SMILES string of the molecule is CC/C=C/C/C=C/C/C=C/C/C=C/C/C=C/C/C=C/C/C=C/CCCC(=O)OC(COCCC(C(=O)O)[N+](C)(C)C)COC(=O)CCCCCCCCC/C=C/C/C=C/CCCCCCCCCC. The van der Waals surface area contributed by atoms with Crippen molar-refractivity contribution in [2.75, 3.05) is 41.0 Å². The number of ether oxygens (including phenoxy) is 3. The molecule has 0 rings (SSSR count). The number of likely N-dealkylation sites (N-methyl/N-ethyl adjacent to an activating group) is 1. The van der Waals surface area contributed by atoms with Gasteiger partial charge < -0.3 is 23.8 Å². The number of rotatable bonds is 48. The molecule has 0 amide bonds. The molecule has 0 aromatic heterocycles. The molecule has 8 nitrogen and oxygen atoms in total. The van der Waals surface area contributed by atoms with Crippen molar-refractivity contribution in [3.05, 3.63) is 109 Å². The van der Waals surface area contributed by atoms with Crippen molar-refractivity contribution in [3.63, 3.8) is 0 Å². The van der Waals surface area contributed by atoms with Gasteiger partial charge in [-0.2, -0.15) is 0 Å². The van der Waals surface area contributed by atoms with Gasteiger partial charge in [0.15, 0.2) is 12.1 Å². The normalized spacial score (nSPS) is 13.7. The van der Waals surface area contributed by atoms with Crippen LogP contribution in [0.15, 0.2) is 109 Å². The molecule has 0 aliphatic carbocycles. The lowest BCUT2D eigenvalue weighted by atomic mass is 10.1. The van der Waals surface area contributed by atoms with E-state index in [1.165, 1.54) is 83.5 Å². The molecule has 0 bridgehead atoms. The third-order valence-corrected chi connectivity index (χ3v) is 11.7. The highest BCUT2D eigenvalue weighted by Gasteiger charge is 2.31. The van der Waals surface area contributed by atoms with E-state index in [9.17, 15) is 19.5 Å². The minimum atomic E-state index is -0.889. The van der Waals surface area contributed by atoms with E-state index in [1.807, 2.05) is 21.1 Å². The average molecular weight is 961 g/mol. The molecule has 0 aliphatic heterocycles. The Hall–Kier alpha value is -4.01. The molecule has 0 aromatic rings. The van der Waals surface area contributed by atoms with Crippen molar-refractivity contribution in [1.82, 2.24) is 0 Å². The number of allylic oxidation sites excluding steroid dienone is 18. The number of esters is 2. The van der Waals surface area contributed by atoms with Crippen LogP contribution in [-0.2, 0) is 28.6 Å². The van der Waals surface area contributed by atoms with Gasteiger partial charge in [0.1, 0.15) is 6.61 Å². The average Bonchev–Trinajstić information content (AvgIpc) is 3.31. The summed E-state index contributed by atoms with van der Waals surface area (Å²) < 4.78 is 17.3.